The molecule has 3 nitrogen and oxygen atoms in total. The maximum absolute atomic E-state index is 3.90. The second kappa shape index (κ2) is 8.51. The number of nitrogens with zero attached hydrogens (tertiary/aromatic N) is 1. The second-order valence-corrected chi connectivity index (χ2v) is 1.90. The molecule has 0 rings (SSSR count). The molecule has 5 heteroatoms. The second-order valence-electron chi connectivity index (χ2n) is 1.11. The van der Waals surface area contributed by atoms with Crippen LogP contribution in [0.3, 0.4) is 0 Å². The number of thioether (sulfide) groups is 1. The SMILES string of the molecule is CN=C(NNC)SC.I. The first-order valence-corrected chi connectivity index (χ1v) is 3.51. The number of hydrogen-bond donors (Lipinski definition) is 2. The fraction of sp³-hybridized carbons (Fsp3) is 0.750. The van der Waals surface area contributed by atoms with Crippen LogP contribution in [0, 0.1) is 0 Å². The van der Waals surface area contributed by atoms with E-state index in [4.69, 9.17) is 0 Å². The molecule has 0 saturated carbocycles. The van der Waals surface area contributed by atoms with E-state index in [0.29, 0.717) is 0 Å². The van der Waals surface area contributed by atoms with Crippen LogP contribution in [0.5, 0.6) is 0 Å². The Morgan fingerprint density at radius 2 is 2.11 bits per heavy atom. The molecule has 0 unspecified atom stereocenters. The highest BCUT2D eigenvalue weighted by Gasteiger charge is 1.86. The molecule has 0 aromatic heterocycles. The molecule has 0 aliphatic heterocycles. The molecule has 0 fully saturated rings. The molecule has 9 heavy (non-hydrogen) atoms. The minimum Gasteiger partial charge on any atom is -0.301 e. The van der Waals surface area contributed by atoms with E-state index in [1.165, 1.54) is 0 Å². The van der Waals surface area contributed by atoms with Crippen LogP contribution in [-0.2, 0) is 0 Å². The Balaban J connectivity index is 0. The summed E-state index contributed by atoms with van der Waals surface area (Å²) in [6.07, 6.45) is 1.96. The Labute approximate surface area is 77.1 Å². The molecular formula is C4H12IN3S. The highest BCUT2D eigenvalue weighted by atomic mass is 127. The van der Waals surface area contributed by atoms with Gasteiger partial charge in [0.2, 0.25) is 0 Å². The molecule has 0 spiro atoms. The largest absolute Gasteiger partial charge is 0.301 e. The Morgan fingerprint density at radius 1 is 1.56 bits per heavy atom. The van der Waals surface area contributed by atoms with Crippen molar-refractivity contribution in [2.75, 3.05) is 20.4 Å². The Hall–Kier alpha value is 0.510. The molecule has 0 radical (unpaired) electrons. The number of hydrogen-bond acceptors (Lipinski definition) is 3. The summed E-state index contributed by atoms with van der Waals surface area (Å²) in [4.78, 5) is 3.90. The minimum atomic E-state index is 0. The summed E-state index contributed by atoms with van der Waals surface area (Å²) in [5.41, 5.74) is 5.61. The van der Waals surface area contributed by atoms with Crippen LogP contribution in [0.25, 0.3) is 0 Å². The molecule has 0 atom stereocenters. The Morgan fingerprint density at radius 3 is 2.22 bits per heavy atom. The van der Waals surface area contributed by atoms with Crippen molar-refractivity contribution >= 4 is 40.9 Å². The summed E-state index contributed by atoms with van der Waals surface area (Å²) in [5.74, 6) is 0. The van der Waals surface area contributed by atoms with Crippen LogP contribution >= 0.6 is 35.7 Å². The van der Waals surface area contributed by atoms with Crippen LogP contribution in [0.2, 0.25) is 0 Å². The lowest BCUT2D eigenvalue weighted by Crippen LogP contribution is -2.31. The topological polar surface area (TPSA) is 36.4 Å². The van der Waals surface area contributed by atoms with Crippen LogP contribution in [0.4, 0.5) is 0 Å². The van der Waals surface area contributed by atoms with Gasteiger partial charge < -0.3 is 5.43 Å². The lowest BCUT2D eigenvalue weighted by molar-refractivity contribution is 0.777. The molecule has 0 bridgehead atoms. The number of nitrogens with one attached hydrogen (secondary N) is 2. The van der Waals surface area contributed by atoms with Gasteiger partial charge in [0, 0.05) is 14.1 Å². The molecule has 0 saturated heterocycles. The fourth-order valence-electron chi connectivity index (χ4n) is 0.305. The monoisotopic (exact) mass is 261 g/mol. The van der Waals surface area contributed by atoms with Crippen molar-refractivity contribution in [1.82, 2.24) is 10.9 Å². The van der Waals surface area contributed by atoms with Crippen LogP contribution in [0.15, 0.2) is 4.99 Å². The molecule has 0 aromatic carbocycles. The summed E-state index contributed by atoms with van der Waals surface area (Å²) in [6.45, 7) is 0. The first kappa shape index (κ1) is 12.2. The number of hydrazine groups is 1. The van der Waals surface area contributed by atoms with E-state index in [0.717, 1.165) is 5.17 Å². The predicted molar refractivity (Wildman–Crippen MR) is 54.5 cm³/mol. The quantitative estimate of drug-likeness (QED) is 0.315. The van der Waals surface area contributed by atoms with Gasteiger partial charge in [0.1, 0.15) is 0 Å². The Kier molecular flexibility index (Phi) is 11.5. The van der Waals surface area contributed by atoms with Gasteiger partial charge in [-0.15, -0.1) is 24.0 Å². The number of aliphatic imine (C=N–C) groups is 1. The fourth-order valence-corrected chi connectivity index (χ4v) is 0.692. The maximum atomic E-state index is 3.90. The summed E-state index contributed by atoms with van der Waals surface area (Å²) in [6, 6.07) is 0. The van der Waals surface area contributed by atoms with E-state index >= 15 is 0 Å². The average molecular weight is 261 g/mol. The molecule has 0 aliphatic rings. The van der Waals surface area contributed by atoms with E-state index in [-0.39, 0.29) is 24.0 Å². The zero-order valence-electron chi connectivity index (χ0n) is 5.76. The van der Waals surface area contributed by atoms with Gasteiger partial charge in [-0.05, 0) is 6.26 Å². The molecule has 0 aromatic rings. The molecule has 2 N–H and O–H groups in total. The van der Waals surface area contributed by atoms with Crippen molar-refractivity contribution in [2.24, 2.45) is 4.99 Å². The van der Waals surface area contributed by atoms with Crippen molar-refractivity contribution in [3.05, 3.63) is 0 Å². The van der Waals surface area contributed by atoms with Gasteiger partial charge in [-0.2, -0.15) is 0 Å². The van der Waals surface area contributed by atoms with Gasteiger partial charge in [0.25, 0.3) is 0 Å². The maximum Gasteiger partial charge on any atom is 0.170 e. The molecule has 56 valence electrons. The van der Waals surface area contributed by atoms with E-state index < -0.39 is 0 Å². The summed E-state index contributed by atoms with van der Waals surface area (Å²) < 4.78 is 0. The predicted octanol–water partition coefficient (Wildman–Crippen LogP) is 0.677. The molecule has 0 amide bonds. The van der Waals surface area contributed by atoms with Gasteiger partial charge in [0.05, 0.1) is 0 Å². The zero-order chi connectivity index (χ0) is 6.41. The lowest BCUT2D eigenvalue weighted by Gasteiger charge is -2.01. The van der Waals surface area contributed by atoms with Gasteiger partial charge in [0.15, 0.2) is 5.17 Å². The zero-order valence-corrected chi connectivity index (χ0v) is 8.91. The van der Waals surface area contributed by atoms with Crippen molar-refractivity contribution in [2.45, 2.75) is 0 Å². The number of rotatable bonds is 1. The van der Waals surface area contributed by atoms with E-state index in [2.05, 4.69) is 15.8 Å². The van der Waals surface area contributed by atoms with Gasteiger partial charge in [-0.3, -0.25) is 4.99 Å². The van der Waals surface area contributed by atoms with Crippen molar-refractivity contribution in [1.29, 1.82) is 0 Å². The standard InChI is InChI=1S/C4H11N3S.HI/c1-5-4(8-3)7-6-2;/h6H,1-3H3,(H,5,7);1H. The number of amidine groups is 1. The van der Waals surface area contributed by atoms with E-state index in [1.807, 2.05) is 6.26 Å². The first-order chi connectivity index (χ1) is 3.85. The third-order valence-corrected chi connectivity index (χ3v) is 1.30. The summed E-state index contributed by atoms with van der Waals surface area (Å²) in [7, 11) is 3.55. The van der Waals surface area contributed by atoms with E-state index in [1.54, 1.807) is 25.9 Å². The smallest absolute Gasteiger partial charge is 0.170 e. The molecule has 0 heterocycles. The first-order valence-electron chi connectivity index (χ1n) is 2.28. The minimum absolute atomic E-state index is 0. The Bertz CT molecular complexity index is 85.9. The normalized spacial score (nSPS) is 10.3. The summed E-state index contributed by atoms with van der Waals surface area (Å²) in [5, 5.41) is 0.896. The highest BCUT2D eigenvalue weighted by Crippen LogP contribution is 1.90. The molecular weight excluding hydrogens is 249 g/mol. The molecule has 0 aliphatic carbocycles. The van der Waals surface area contributed by atoms with Gasteiger partial charge >= 0.3 is 0 Å². The number of halogens is 1. The van der Waals surface area contributed by atoms with Crippen molar-refractivity contribution < 1.29 is 0 Å². The lowest BCUT2D eigenvalue weighted by atomic mass is 11.2. The van der Waals surface area contributed by atoms with Crippen LogP contribution in [0.1, 0.15) is 0 Å². The van der Waals surface area contributed by atoms with Crippen molar-refractivity contribution in [3.63, 3.8) is 0 Å². The summed E-state index contributed by atoms with van der Waals surface area (Å²) >= 11 is 1.57. The van der Waals surface area contributed by atoms with Gasteiger partial charge in [-0.1, -0.05) is 11.8 Å². The van der Waals surface area contributed by atoms with E-state index in [9.17, 15) is 0 Å². The third-order valence-electron chi connectivity index (χ3n) is 0.628. The van der Waals surface area contributed by atoms with Crippen LogP contribution < -0.4 is 10.9 Å². The van der Waals surface area contributed by atoms with Crippen molar-refractivity contribution in [3.8, 4) is 0 Å². The average Bonchev–Trinajstić information content (AvgIpc) is 1.83. The highest BCUT2D eigenvalue weighted by molar-refractivity contribution is 14.0. The van der Waals surface area contributed by atoms with Crippen LogP contribution in [-0.4, -0.2) is 25.5 Å². The van der Waals surface area contributed by atoms with Gasteiger partial charge in [-0.25, -0.2) is 5.43 Å². The third kappa shape index (κ3) is 6.39.